The third kappa shape index (κ3) is 4.11. The predicted octanol–water partition coefficient (Wildman–Crippen LogP) is 4.10. The van der Waals surface area contributed by atoms with E-state index in [4.69, 9.17) is 0 Å². The zero-order valence-electron chi connectivity index (χ0n) is 16.3. The molecule has 0 aliphatic carbocycles. The van der Waals surface area contributed by atoms with Crippen molar-refractivity contribution in [1.29, 1.82) is 0 Å². The van der Waals surface area contributed by atoms with Gasteiger partial charge < -0.3 is 4.57 Å². The van der Waals surface area contributed by atoms with E-state index in [0.717, 1.165) is 42.5 Å². The van der Waals surface area contributed by atoms with E-state index >= 15 is 0 Å². The van der Waals surface area contributed by atoms with E-state index in [2.05, 4.69) is 9.55 Å². The van der Waals surface area contributed by atoms with E-state index in [1.807, 2.05) is 43.5 Å². The highest BCUT2D eigenvalue weighted by molar-refractivity contribution is 7.89. The second kappa shape index (κ2) is 8.08. The summed E-state index contributed by atoms with van der Waals surface area (Å²) in [4.78, 5) is 4.60. The number of imidazole rings is 1. The summed E-state index contributed by atoms with van der Waals surface area (Å²) in [6, 6.07) is 15.3. The monoisotopic (exact) mass is 413 g/mol. The minimum atomic E-state index is -3.66. The van der Waals surface area contributed by atoms with E-state index < -0.39 is 15.8 Å². The number of hydrogen-bond donors (Lipinski definition) is 0. The zero-order chi connectivity index (χ0) is 20.4. The van der Waals surface area contributed by atoms with Crippen LogP contribution in [-0.2, 0) is 16.6 Å². The van der Waals surface area contributed by atoms with Gasteiger partial charge in [-0.15, -0.1) is 0 Å². The number of benzene rings is 2. The fourth-order valence-corrected chi connectivity index (χ4v) is 5.38. The SMILES string of the molecule is Cc1cnc(-c2ccccc2)n1CC1CCN(S(=O)(=O)c2cccc(F)c2)CC1. The van der Waals surface area contributed by atoms with Crippen LogP contribution >= 0.6 is 0 Å². The van der Waals surface area contributed by atoms with E-state index in [-0.39, 0.29) is 4.90 Å². The standard InChI is InChI=1S/C22H24FN3O2S/c1-17-15-24-22(19-6-3-2-4-7-19)26(17)16-18-10-12-25(13-11-18)29(27,28)21-9-5-8-20(23)14-21/h2-9,14-15,18H,10-13,16H2,1H3. The molecular weight excluding hydrogens is 389 g/mol. The van der Waals surface area contributed by atoms with Gasteiger partial charge in [-0.25, -0.2) is 17.8 Å². The van der Waals surface area contributed by atoms with Crippen LogP contribution in [0.5, 0.6) is 0 Å². The molecule has 0 spiro atoms. The lowest BCUT2D eigenvalue weighted by Gasteiger charge is -2.32. The highest BCUT2D eigenvalue weighted by Crippen LogP contribution is 2.27. The lowest BCUT2D eigenvalue weighted by molar-refractivity contribution is 0.252. The van der Waals surface area contributed by atoms with Crippen LogP contribution in [0.25, 0.3) is 11.4 Å². The molecule has 1 aromatic heterocycles. The van der Waals surface area contributed by atoms with E-state index in [1.54, 1.807) is 0 Å². The highest BCUT2D eigenvalue weighted by Gasteiger charge is 2.30. The third-order valence-corrected chi connectivity index (χ3v) is 7.43. The smallest absolute Gasteiger partial charge is 0.243 e. The molecule has 1 aliphatic rings. The molecule has 1 aliphatic heterocycles. The Hall–Kier alpha value is -2.51. The molecule has 152 valence electrons. The number of hydrogen-bond acceptors (Lipinski definition) is 3. The molecule has 0 N–H and O–H groups in total. The number of nitrogens with zero attached hydrogens (tertiary/aromatic N) is 3. The predicted molar refractivity (Wildman–Crippen MR) is 110 cm³/mol. The molecule has 0 unspecified atom stereocenters. The average molecular weight is 414 g/mol. The molecule has 0 bridgehead atoms. The van der Waals surface area contributed by atoms with Crippen molar-refractivity contribution in [3.8, 4) is 11.4 Å². The summed E-state index contributed by atoms with van der Waals surface area (Å²) in [6.07, 6.45) is 3.41. The minimum absolute atomic E-state index is 0.0211. The molecule has 29 heavy (non-hydrogen) atoms. The Morgan fingerprint density at radius 2 is 1.79 bits per heavy atom. The van der Waals surface area contributed by atoms with Gasteiger partial charge in [0.05, 0.1) is 4.90 Å². The van der Waals surface area contributed by atoms with Crippen molar-refractivity contribution in [3.05, 3.63) is 72.3 Å². The molecule has 1 fully saturated rings. The molecule has 0 atom stereocenters. The van der Waals surface area contributed by atoms with Crippen LogP contribution in [0.3, 0.4) is 0 Å². The molecular formula is C22H24FN3O2S. The topological polar surface area (TPSA) is 55.2 Å². The maximum Gasteiger partial charge on any atom is 0.243 e. The van der Waals surface area contributed by atoms with Gasteiger partial charge in [-0.05, 0) is 43.9 Å². The van der Waals surface area contributed by atoms with Crippen LogP contribution in [0, 0.1) is 18.7 Å². The van der Waals surface area contributed by atoms with Crippen molar-refractivity contribution in [2.75, 3.05) is 13.1 Å². The number of piperidine rings is 1. The first-order chi connectivity index (χ1) is 13.9. The van der Waals surface area contributed by atoms with Gasteiger partial charge in [0.25, 0.3) is 0 Å². The molecule has 3 aromatic rings. The Balaban J connectivity index is 1.46. The zero-order valence-corrected chi connectivity index (χ0v) is 17.1. The van der Waals surface area contributed by atoms with E-state index in [0.29, 0.717) is 19.0 Å². The van der Waals surface area contributed by atoms with Gasteiger partial charge in [-0.2, -0.15) is 4.31 Å². The summed E-state index contributed by atoms with van der Waals surface area (Å²) in [5, 5.41) is 0. The van der Waals surface area contributed by atoms with Crippen LogP contribution in [0.4, 0.5) is 4.39 Å². The maximum atomic E-state index is 13.5. The Kier molecular flexibility index (Phi) is 5.52. The maximum absolute atomic E-state index is 13.5. The van der Waals surface area contributed by atoms with Crippen molar-refractivity contribution in [3.63, 3.8) is 0 Å². The number of aryl methyl sites for hydroxylation is 1. The fraction of sp³-hybridized carbons (Fsp3) is 0.318. The quantitative estimate of drug-likeness (QED) is 0.633. The molecule has 4 rings (SSSR count). The van der Waals surface area contributed by atoms with Gasteiger partial charge in [0.2, 0.25) is 10.0 Å². The van der Waals surface area contributed by atoms with Crippen LogP contribution in [-0.4, -0.2) is 35.4 Å². The molecule has 0 saturated carbocycles. The van der Waals surface area contributed by atoms with Crippen LogP contribution < -0.4 is 0 Å². The second-order valence-electron chi connectivity index (χ2n) is 7.50. The summed E-state index contributed by atoms with van der Waals surface area (Å²) in [6.45, 7) is 3.74. The van der Waals surface area contributed by atoms with Crippen molar-refractivity contribution in [2.24, 2.45) is 5.92 Å². The normalized spacial score (nSPS) is 16.2. The fourth-order valence-electron chi connectivity index (χ4n) is 3.88. The van der Waals surface area contributed by atoms with Gasteiger partial charge in [0.1, 0.15) is 11.6 Å². The van der Waals surface area contributed by atoms with Gasteiger partial charge in [0.15, 0.2) is 0 Å². The van der Waals surface area contributed by atoms with Crippen LogP contribution in [0.1, 0.15) is 18.5 Å². The average Bonchev–Trinajstić information content (AvgIpc) is 3.09. The molecule has 2 heterocycles. The largest absolute Gasteiger partial charge is 0.328 e. The molecule has 7 heteroatoms. The molecule has 0 amide bonds. The minimum Gasteiger partial charge on any atom is -0.328 e. The van der Waals surface area contributed by atoms with E-state index in [9.17, 15) is 12.8 Å². The third-order valence-electron chi connectivity index (χ3n) is 5.54. The summed E-state index contributed by atoms with van der Waals surface area (Å²) in [5.74, 6) is 0.771. The first-order valence-electron chi connectivity index (χ1n) is 9.78. The summed E-state index contributed by atoms with van der Waals surface area (Å²) < 4.78 is 42.8. The first-order valence-corrected chi connectivity index (χ1v) is 11.2. The molecule has 5 nitrogen and oxygen atoms in total. The van der Waals surface area contributed by atoms with Crippen molar-refractivity contribution in [1.82, 2.24) is 13.9 Å². The Morgan fingerprint density at radius 1 is 1.07 bits per heavy atom. The second-order valence-corrected chi connectivity index (χ2v) is 9.44. The van der Waals surface area contributed by atoms with Gasteiger partial charge >= 0.3 is 0 Å². The number of aromatic nitrogens is 2. The van der Waals surface area contributed by atoms with Gasteiger partial charge in [0, 0.05) is 37.1 Å². The summed E-state index contributed by atoms with van der Waals surface area (Å²) in [7, 11) is -3.66. The van der Waals surface area contributed by atoms with Crippen molar-refractivity contribution in [2.45, 2.75) is 31.2 Å². The first kappa shape index (κ1) is 19.8. The highest BCUT2D eigenvalue weighted by atomic mass is 32.2. The Labute approximate surface area is 170 Å². The molecule has 1 saturated heterocycles. The molecule has 2 aromatic carbocycles. The van der Waals surface area contributed by atoms with Gasteiger partial charge in [-0.3, -0.25) is 0 Å². The summed E-state index contributed by atoms with van der Waals surface area (Å²) >= 11 is 0. The molecule has 0 radical (unpaired) electrons. The van der Waals surface area contributed by atoms with Crippen LogP contribution in [0.2, 0.25) is 0 Å². The van der Waals surface area contributed by atoms with Crippen LogP contribution in [0.15, 0.2) is 65.7 Å². The lowest BCUT2D eigenvalue weighted by atomic mass is 9.98. The Bertz CT molecular complexity index is 1090. The van der Waals surface area contributed by atoms with Gasteiger partial charge in [-0.1, -0.05) is 36.4 Å². The lowest BCUT2D eigenvalue weighted by Crippen LogP contribution is -2.39. The number of halogens is 1. The number of sulfonamides is 1. The van der Waals surface area contributed by atoms with Crippen molar-refractivity contribution < 1.29 is 12.8 Å². The van der Waals surface area contributed by atoms with Crippen molar-refractivity contribution >= 4 is 10.0 Å². The summed E-state index contributed by atoms with van der Waals surface area (Å²) in [5.41, 5.74) is 2.17. The number of rotatable bonds is 5. The van der Waals surface area contributed by atoms with E-state index in [1.165, 1.54) is 22.5 Å². The Morgan fingerprint density at radius 3 is 2.48 bits per heavy atom.